The van der Waals surface area contributed by atoms with Gasteiger partial charge in [0.15, 0.2) is 11.5 Å². The van der Waals surface area contributed by atoms with Crippen molar-refractivity contribution >= 4 is 21.6 Å². The van der Waals surface area contributed by atoms with Gasteiger partial charge in [-0.1, -0.05) is 0 Å². The maximum atomic E-state index is 12.6. The first-order chi connectivity index (χ1) is 13.4. The van der Waals surface area contributed by atoms with Crippen molar-refractivity contribution in [3.05, 3.63) is 42.5 Å². The molecule has 0 fully saturated rings. The summed E-state index contributed by atoms with van der Waals surface area (Å²) in [6.45, 7) is 0.781. The van der Waals surface area contributed by atoms with Crippen LogP contribution in [0.2, 0.25) is 0 Å². The van der Waals surface area contributed by atoms with E-state index < -0.39 is 15.9 Å². The molecule has 1 aliphatic rings. The van der Waals surface area contributed by atoms with E-state index in [9.17, 15) is 13.2 Å². The number of likely N-dealkylation sites (N-methyl/N-ethyl adjacent to an activating group) is 1. The number of hydrogen-bond donors (Lipinski definition) is 1. The Balaban J connectivity index is 1.66. The summed E-state index contributed by atoms with van der Waals surface area (Å²) in [5, 5.41) is 2.68. The summed E-state index contributed by atoms with van der Waals surface area (Å²) < 4.78 is 42.4. The van der Waals surface area contributed by atoms with Crippen molar-refractivity contribution in [2.75, 3.05) is 39.2 Å². The average molecular weight is 406 g/mol. The van der Waals surface area contributed by atoms with E-state index in [1.54, 1.807) is 30.3 Å². The van der Waals surface area contributed by atoms with Crippen LogP contribution in [0.3, 0.4) is 0 Å². The van der Waals surface area contributed by atoms with Gasteiger partial charge >= 0.3 is 0 Å². The quantitative estimate of drug-likeness (QED) is 0.790. The number of carbonyl (C=O) groups excluding carboxylic acids is 1. The smallest absolute Gasteiger partial charge is 0.243 e. The van der Waals surface area contributed by atoms with Crippen molar-refractivity contribution in [1.82, 2.24) is 4.31 Å². The number of amides is 1. The molecule has 3 rings (SSSR count). The molecule has 1 aliphatic heterocycles. The number of nitrogens with one attached hydrogen (secondary N) is 1. The van der Waals surface area contributed by atoms with Crippen LogP contribution in [0.25, 0.3) is 0 Å². The number of hydrogen-bond acceptors (Lipinski definition) is 6. The Bertz CT molecular complexity index is 943. The highest BCUT2D eigenvalue weighted by atomic mass is 32.2. The van der Waals surface area contributed by atoms with Gasteiger partial charge < -0.3 is 19.5 Å². The van der Waals surface area contributed by atoms with Crippen LogP contribution in [0, 0.1) is 0 Å². The molecule has 0 atom stereocenters. The first-order valence-corrected chi connectivity index (χ1v) is 10.1. The second-order valence-corrected chi connectivity index (χ2v) is 8.24. The van der Waals surface area contributed by atoms with Crippen LogP contribution in [0.5, 0.6) is 17.2 Å². The summed E-state index contributed by atoms with van der Waals surface area (Å²) in [6, 6.07) is 11.0. The monoisotopic (exact) mass is 406 g/mol. The Morgan fingerprint density at radius 2 is 1.79 bits per heavy atom. The zero-order valence-corrected chi connectivity index (χ0v) is 16.5. The fraction of sp³-hybridized carbons (Fsp3) is 0.316. The molecule has 0 bridgehead atoms. The zero-order valence-electron chi connectivity index (χ0n) is 15.7. The summed E-state index contributed by atoms with van der Waals surface area (Å²) in [5.41, 5.74) is 0.504. The second kappa shape index (κ2) is 8.49. The summed E-state index contributed by atoms with van der Waals surface area (Å²) in [6.07, 6.45) is 0.782. The largest absolute Gasteiger partial charge is 0.497 e. The Morgan fingerprint density at radius 3 is 2.46 bits per heavy atom. The van der Waals surface area contributed by atoms with Crippen LogP contribution < -0.4 is 19.5 Å². The number of nitrogens with zero attached hydrogens (tertiary/aromatic N) is 1. The Morgan fingerprint density at radius 1 is 1.11 bits per heavy atom. The predicted octanol–water partition coefficient (Wildman–Crippen LogP) is 2.12. The molecule has 9 heteroatoms. The highest BCUT2D eigenvalue weighted by Gasteiger charge is 2.23. The molecule has 0 aromatic heterocycles. The zero-order chi connectivity index (χ0) is 20.1. The van der Waals surface area contributed by atoms with Crippen molar-refractivity contribution in [1.29, 1.82) is 0 Å². The molecule has 0 unspecified atom stereocenters. The Hall–Kier alpha value is -2.78. The first kappa shape index (κ1) is 20.0. The van der Waals surface area contributed by atoms with E-state index in [0.29, 0.717) is 36.1 Å². The lowest BCUT2D eigenvalue weighted by atomic mass is 10.2. The van der Waals surface area contributed by atoms with Crippen LogP contribution in [-0.4, -0.2) is 52.5 Å². The minimum absolute atomic E-state index is 0.0826. The van der Waals surface area contributed by atoms with Crippen molar-refractivity contribution in [3.63, 3.8) is 0 Å². The van der Waals surface area contributed by atoms with Crippen LogP contribution in [-0.2, 0) is 14.8 Å². The molecule has 1 N–H and O–H groups in total. The number of fused-ring (bicyclic) bond motifs is 1. The van der Waals surface area contributed by atoms with Crippen LogP contribution in [0.15, 0.2) is 47.4 Å². The van der Waals surface area contributed by atoms with Crippen LogP contribution in [0.1, 0.15) is 6.42 Å². The second-order valence-electron chi connectivity index (χ2n) is 6.20. The molecule has 0 radical (unpaired) electrons. The van der Waals surface area contributed by atoms with Crippen molar-refractivity contribution in [2.24, 2.45) is 0 Å². The highest BCUT2D eigenvalue weighted by molar-refractivity contribution is 7.89. The molecule has 0 saturated heterocycles. The third-order valence-electron chi connectivity index (χ3n) is 4.17. The third kappa shape index (κ3) is 4.55. The number of methoxy groups -OCH3 is 1. The standard InChI is InChI=1S/C19H22N2O6S/c1-21(28(23,24)16-7-5-15(25-2)6-8-16)13-19(22)20-14-4-9-17-18(12-14)27-11-3-10-26-17/h4-9,12H,3,10-11,13H2,1-2H3,(H,20,22). The van der Waals surface area contributed by atoms with E-state index in [1.807, 2.05) is 0 Å². The topological polar surface area (TPSA) is 94.2 Å². The number of rotatable bonds is 6. The Kier molecular flexibility index (Phi) is 6.05. The van der Waals surface area contributed by atoms with Gasteiger partial charge in [0, 0.05) is 25.2 Å². The number of benzene rings is 2. The van der Waals surface area contributed by atoms with Gasteiger partial charge in [-0.15, -0.1) is 0 Å². The maximum Gasteiger partial charge on any atom is 0.243 e. The summed E-state index contributed by atoms with van der Waals surface area (Å²) >= 11 is 0. The normalized spacial score (nSPS) is 13.7. The minimum atomic E-state index is -3.80. The molecule has 0 spiro atoms. The van der Waals surface area contributed by atoms with Gasteiger partial charge in [0.25, 0.3) is 0 Å². The summed E-state index contributed by atoms with van der Waals surface area (Å²) in [7, 11) is -0.944. The molecule has 2 aromatic rings. The lowest BCUT2D eigenvalue weighted by Gasteiger charge is -2.17. The number of sulfonamides is 1. The van der Waals surface area contributed by atoms with Gasteiger partial charge in [-0.2, -0.15) is 4.31 Å². The molecule has 0 saturated carbocycles. The molecule has 1 heterocycles. The van der Waals surface area contributed by atoms with E-state index in [0.717, 1.165) is 10.7 Å². The lowest BCUT2D eigenvalue weighted by Crippen LogP contribution is -2.34. The van der Waals surface area contributed by atoms with E-state index in [-0.39, 0.29) is 11.4 Å². The van der Waals surface area contributed by atoms with Crippen molar-refractivity contribution in [2.45, 2.75) is 11.3 Å². The van der Waals surface area contributed by atoms with Gasteiger partial charge in [-0.25, -0.2) is 8.42 Å². The molecule has 2 aromatic carbocycles. The van der Waals surface area contributed by atoms with E-state index in [2.05, 4.69) is 5.32 Å². The molecule has 150 valence electrons. The number of anilines is 1. The molecular formula is C19H22N2O6S. The van der Waals surface area contributed by atoms with E-state index in [1.165, 1.54) is 26.3 Å². The highest BCUT2D eigenvalue weighted by Crippen LogP contribution is 2.32. The maximum absolute atomic E-state index is 12.6. The van der Waals surface area contributed by atoms with Gasteiger partial charge in [-0.3, -0.25) is 4.79 Å². The lowest BCUT2D eigenvalue weighted by molar-refractivity contribution is -0.116. The summed E-state index contributed by atoms with van der Waals surface area (Å²) in [4.78, 5) is 12.4. The molecule has 28 heavy (non-hydrogen) atoms. The molecule has 1 amide bonds. The van der Waals surface area contributed by atoms with E-state index in [4.69, 9.17) is 14.2 Å². The number of carbonyl (C=O) groups is 1. The SMILES string of the molecule is COc1ccc(S(=O)(=O)N(C)CC(=O)Nc2ccc3c(c2)OCCCO3)cc1. The number of ether oxygens (including phenoxy) is 3. The van der Waals surface area contributed by atoms with Crippen LogP contribution in [0.4, 0.5) is 5.69 Å². The van der Waals surface area contributed by atoms with Crippen molar-refractivity contribution in [3.8, 4) is 17.2 Å². The predicted molar refractivity (Wildman–Crippen MR) is 103 cm³/mol. The minimum Gasteiger partial charge on any atom is -0.497 e. The fourth-order valence-electron chi connectivity index (χ4n) is 2.66. The summed E-state index contributed by atoms with van der Waals surface area (Å²) in [5.74, 6) is 1.26. The third-order valence-corrected chi connectivity index (χ3v) is 5.98. The Labute approximate surface area is 164 Å². The van der Waals surface area contributed by atoms with Gasteiger partial charge in [0.2, 0.25) is 15.9 Å². The van der Waals surface area contributed by atoms with Gasteiger partial charge in [-0.05, 0) is 36.4 Å². The van der Waals surface area contributed by atoms with Gasteiger partial charge in [0.1, 0.15) is 5.75 Å². The fourth-order valence-corrected chi connectivity index (χ4v) is 3.78. The average Bonchev–Trinajstić information content (AvgIpc) is 2.92. The molecular weight excluding hydrogens is 384 g/mol. The van der Waals surface area contributed by atoms with E-state index >= 15 is 0 Å². The molecule has 0 aliphatic carbocycles. The van der Waals surface area contributed by atoms with Crippen molar-refractivity contribution < 1.29 is 27.4 Å². The molecule has 8 nitrogen and oxygen atoms in total. The van der Waals surface area contributed by atoms with Gasteiger partial charge in [0.05, 0.1) is 31.8 Å². The van der Waals surface area contributed by atoms with Crippen LogP contribution >= 0.6 is 0 Å². The first-order valence-electron chi connectivity index (χ1n) is 8.70.